The molecule has 0 aromatic carbocycles. The highest BCUT2D eigenvalue weighted by Crippen LogP contribution is 2.21. The minimum atomic E-state index is -3.94. The van der Waals surface area contributed by atoms with Gasteiger partial charge >= 0.3 is 5.97 Å². The van der Waals surface area contributed by atoms with E-state index in [1.165, 1.54) is 25.0 Å². The van der Waals surface area contributed by atoms with E-state index in [1.807, 2.05) is 0 Å². The Morgan fingerprint density at radius 1 is 1.25 bits per heavy atom. The number of carbonyl (C=O) groups is 1. The van der Waals surface area contributed by atoms with Crippen LogP contribution in [-0.4, -0.2) is 39.1 Å². The quantitative estimate of drug-likeness (QED) is 0.817. The van der Waals surface area contributed by atoms with Crippen molar-refractivity contribution < 1.29 is 18.3 Å². The summed E-state index contributed by atoms with van der Waals surface area (Å²) in [7, 11) is -1.04. The molecule has 0 unspecified atom stereocenters. The van der Waals surface area contributed by atoms with Crippen LogP contribution in [0.25, 0.3) is 0 Å². The predicted molar refractivity (Wildman–Crippen MR) is 68.9 cm³/mol. The molecule has 0 saturated carbocycles. The molecule has 108 valence electrons. The fourth-order valence-electron chi connectivity index (χ4n) is 1.88. The smallest absolute Gasteiger partial charge is 0.356 e. The van der Waals surface area contributed by atoms with Crippen molar-refractivity contribution in [2.45, 2.75) is 11.9 Å². The number of nitrogens with one attached hydrogen (secondary N) is 1. The number of rotatable bonds is 4. The number of sulfonamides is 1. The Morgan fingerprint density at radius 3 is 2.35 bits per heavy atom. The molecule has 0 spiro atoms. The van der Waals surface area contributed by atoms with Gasteiger partial charge in [0, 0.05) is 19.7 Å². The molecule has 2 N–H and O–H groups in total. The Labute approximate surface area is 114 Å². The molecular formula is C10H13N5O4S. The molecule has 0 radical (unpaired) electrons. The number of nitrogens with zero attached hydrogens (tertiary/aromatic N) is 4. The molecule has 0 amide bonds. The molecule has 20 heavy (non-hydrogen) atoms. The summed E-state index contributed by atoms with van der Waals surface area (Å²) in [6, 6.07) is 0. The van der Waals surface area contributed by atoms with Crippen molar-refractivity contribution in [3.63, 3.8) is 0 Å². The van der Waals surface area contributed by atoms with Crippen LogP contribution in [-0.2, 0) is 24.1 Å². The Hall–Kier alpha value is -2.36. The lowest BCUT2D eigenvalue weighted by Crippen LogP contribution is -2.19. The van der Waals surface area contributed by atoms with Gasteiger partial charge in [-0.2, -0.15) is 18.6 Å². The second-order valence-electron chi connectivity index (χ2n) is 4.20. The van der Waals surface area contributed by atoms with E-state index in [1.54, 1.807) is 6.92 Å². The second-order valence-corrected chi connectivity index (χ2v) is 5.80. The van der Waals surface area contributed by atoms with E-state index in [2.05, 4.69) is 14.9 Å². The van der Waals surface area contributed by atoms with Crippen molar-refractivity contribution in [2.24, 2.45) is 14.1 Å². The van der Waals surface area contributed by atoms with Gasteiger partial charge in [-0.1, -0.05) is 0 Å². The highest BCUT2D eigenvalue weighted by Gasteiger charge is 2.25. The van der Waals surface area contributed by atoms with Crippen LogP contribution < -0.4 is 4.72 Å². The van der Waals surface area contributed by atoms with Gasteiger partial charge in [0.1, 0.15) is 5.69 Å². The lowest BCUT2D eigenvalue weighted by molar-refractivity contribution is 0.0686. The van der Waals surface area contributed by atoms with Crippen molar-refractivity contribution in [2.75, 3.05) is 4.72 Å². The monoisotopic (exact) mass is 299 g/mol. The Balaban J connectivity index is 2.47. The van der Waals surface area contributed by atoms with E-state index in [0.29, 0.717) is 5.56 Å². The molecule has 0 aliphatic heterocycles. The second kappa shape index (κ2) is 4.63. The van der Waals surface area contributed by atoms with Gasteiger partial charge in [-0.3, -0.25) is 14.1 Å². The molecule has 2 heterocycles. The SMILES string of the molecule is Cc1cnn(C)c1S(=O)(=O)Nc1cnn(C)c1C(=O)O. The first-order valence-corrected chi connectivity index (χ1v) is 6.99. The lowest BCUT2D eigenvalue weighted by Gasteiger charge is -2.08. The van der Waals surface area contributed by atoms with Gasteiger partial charge in [0.25, 0.3) is 10.0 Å². The van der Waals surface area contributed by atoms with Crippen molar-refractivity contribution >= 4 is 21.7 Å². The minimum absolute atomic E-state index is 0.0299. The van der Waals surface area contributed by atoms with Crippen LogP contribution in [0, 0.1) is 6.92 Å². The molecule has 2 rings (SSSR count). The lowest BCUT2D eigenvalue weighted by atomic mass is 10.4. The normalized spacial score (nSPS) is 11.6. The maximum Gasteiger partial charge on any atom is 0.356 e. The first-order chi connectivity index (χ1) is 9.24. The number of aryl methyl sites for hydroxylation is 3. The zero-order chi connectivity index (χ0) is 15.1. The summed E-state index contributed by atoms with van der Waals surface area (Å²) in [5, 5.41) is 16.6. The molecule has 2 aromatic rings. The Bertz CT molecular complexity index is 754. The van der Waals surface area contributed by atoms with Crippen LogP contribution in [0.3, 0.4) is 0 Å². The average Bonchev–Trinajstić information content (AvgIpc) is 2.82. The Morgan fingerprint density at radius 2 is 1.85 bits per heavy atom. The summed E-state index contributed by atoms with van der Waals surface area (Å²) >= 11 is 0. The molecule has 0 aliphatic carbocycles. The van der Waals surface area contributed by atoms with Crippen LogP contribution in [0.2, 0.25) is 0 Å². The van der Waals surface area contributed by atoms with Crippen molar-refractivity contribution in [3.05, 3.63) is 23.7 Å². The minimum Gasteiger partial charge on any atom is -0.476 e. The molecule has 0 fully saturated rings. The van der Waals surface area contributed by atoms with Crippen LogP contribution in [0.15, 0.2) is 17.4 Å². The number of anilines is 1. The highest BCUT2D eigenvalue weighted by atomic mass is 32.2. The van der Waals surface area contributed by atoms with Gasteiger partial charge in [0.15, 0.2) is 10.7 Å². The number of carboxylic acids is 1. The van der Waals surface area contributed by atoms with Gasteiger partial charge < -0.3 is 5.11 Å². The summed E-state index contributed by atoms with van der Waals surface area (Å²) in [6.45, 7) is 1.60. The van der Waals surface area contributed by atoms with Gasteiger partial charge in [-0.25, -0.2) is 4.79 Å². The topological polar surface area (TPSA) is 119 Å². The van der Waals surface area contributed by atoms with Crippen LogP contribution in [0.4, 0.5) is 5.69 Å². The third kappa shape index (κ3) is 2.25. The number of hydrogen-bond acceptors (Lipinski definition) is 5. The summed E-state index contributed by atoms with van der Waals surface area (Å²) in [6.07, 6.45) is 2.56. The number of hydrogen-bond donors (Lipinski definition) is 2. The predicted octanol–water partition coefficient (Wildman–Crippen LogP) is -0.0390. The maximum atomic E-state index is 12.3. The fraction of sp³-hybridized carbons (Fsp3) is 0.300. The zero-order valence-electron chi connectivity index (χ0n) is 11.0. The van der Waals surface area contributed by atoms with E-state index in [4.69, 9.17) is 5.11 Å². The van der Waals surface area contributed by atoms with Crippen molar-refractivity contribution in [3.8, 4) is 0 Å². The Kier molecular flexibility index (Phi) is 3.26. The van der Waals surface area contributed by atoms with Gasteiger partial charge in [-0.15, -0.1) is 0 Å². The van der Waals surface area contributed by atoms with E-state index in [9.17, 15) is 13.2 Å². The molecule has 0 aliphatic rings. The van der Waals surface area contributed by atoms with Crippen LogP contribution >= 0.6 is 0 Å². The fourth-order valence-corrected chi connectivity index (χ4v) is 3.29. The first-order valence-electron chi connectivity index (χ1n) is 5.50. The summed E-state index contributed by atoms with van der Waals surface area (Å²) in [5.74, 6) is -1.27. The average molecular weight is 299 g/mol. The molecule has 2 aromatic heterocycles. The molecule has 10 heteroatoms. The summed E-state index contributed by atoms with van der Waals surface area (Å²) in [5.41, 5.74) is 0.120. The number of aromatic nitrogens is 4. The van der Waals surface area contributed by atoms with Crippen molar-refractivity contribution in [1.29, 1.82) is 0 Å². The summed E-state index contributed by atoms with van der Waals surface area (Å²) < 4.78 is 29.1. The van der Waals surface area contributed by atoms with Crippen LogP contribution in [0.1, 0.15) is 16.1 Å². The van der Waals surface area contributed by atoms with Crippen molar-refractivity contribution in [1.82, 2.24) is 19.6 Å². The van der Waals surface area contributed by atoms with E-state index in [0.717, 1.165) is 10.9 Å². The molecular weight excluding hydrogens is 286 g/mol. The highest BCUT2D eigenvalue weighted by molar-refractivity contribution is 7.92. The molecule has 9 nitrogen and oxygen atoms in total. The molecule has 0 bridgehead atoms. The van der Waals surface area contributed by atoms with Crippen LogP contribution in [0.5, 0.6) is 0 Å². The summed E-state index contributed by atoms with van der Waals surface area (Å²) in [4.78, 5) is 11.1. The van der Waals surface area contributed by atoms with Gasteiger partial charge in [-0.05, 0) is 6.92 Å². The maximum absolute atomic E-state index is 12.3. The zero-order valence-corrected chi connectivity index (χ0v) is 11.8. The molecule has 0 saturated heterocycles. The van der Waals surface area contributed by atoms with Gasteiger partial charge in [0.2, 0.25) is 0 Å². The number of carboxylic acid groups (broad SMARTS) is 1. The van der Waals surface area contributed by atoms with E-state index >= 15 is 0 Å². The number of aromatic carboxylic acids is 1. The van der Waals surface area contributed by atoms with E-state index in [-0.39, 0.29) is 16.4 Å². The largest absolute Gasteiger partial charge is 0.476 e. The van der Waals surface area contributed by atoms with E-state index < -0.39 is 16.0 Å². The standard InChI is InChI=1S/C10H13N5O4S/c1-6-4-11-15(3)9(6)20(18,19)13-7-5-12-14(2)8(7)10(16)17/h4-5,13H,1-3H3,(H,16,17). The molecule has 0 atom stereocenters. The van der Waals surface area contributed by atoms with Gasteiger partial charge in [0.05, 0.1) is 12.4 Å². The first kappa shape index (κ1) is 14.1. The third-order valence-electron chi connectivity index (χ3n) is 2.70. The third-order valence-corrected chi connectivity index (χ3v) is 4.28.